The summed E-state index contributed by atoms with van der Waals surface area (Å²) in [5, 5.41) is 2.99. The molecule has 0 heterocycles. The number of carbonyl (C=O) groups excluding carboxylic acids is 2. The molecule has 2 rings (SSSR count). The van der Waals surface area contributed by atoms with Crippen LogP contribution in [0.4, 0.5) is 0 Å². The van der Waals surface area contributed by atoms with E-state index < -0.39 is 6.04 Å². The van der Waals surface area contributed by atoms with Crippen LogP contribution in [0.3, 0.4) is 0 Å². The van der Waals surface area contributed by atoms with Gasteiger partial charge in [0.25, 0.3) is 5.91 Å². The van der Waals surface area contributed by atoms with Crippen molar-refractivity contribution in [1.82, 2.24) is 10.2 Å². The fourth-order valence-electron chi connectivity index (χ4n) is 2.90. The molecule has 1 N–H and O–H groups in total. The molecular weight excluding hydrogens is 352 g/mol. The average molecular weight is 383 g/mol. The maximum Gasteiger partial charge on any atom is 0.261 e. The topological polar surface area (TPSA) is 58.6 Å². The molecule has 5 nitrogen and oxygen atoms in total. The molecule has 0 aliphatic heterocycles. The van der Waals surface area contributed by atoms with E-state index in [2.05, 4.69) is 5.32 Å². The van der Waals surface area contributed by atoms with Crippen molar-refractivity contribution in [3.05, 3.63) is 66.2 Å². The highest BCUT2D eigenvalue weighted by Gasteiger charge is 2.30. The summed E-state index contributed by atoms with van der Waals surface area (Å²) in [5.41, 5.74) is 0.601. The summed E-state index contributed by atoms with van der Waals surface area (Å²) >= 11 is 0. The lowest BCUT2D eigenvalue weighted by Gasteiger charge is -2.33. The third-order valence-corrected chi connectivity index (χ3v) is 4.19. The second-order valence-corrected chi connectivity index (χ2v) is 7.77. The maximum atomic E-state index is 13.0. The fourth-order valence-corrected chi connectivity index (χ4v) is 2.90. The van der Waals surface area contributed by atoms with Crippen LogP contribution in [-0.2, 0) is 16.1 Å². The molecule has 1 atom stereocenters. The fraction of sp³-hybridized carbons (Fsp3) is 0.391. The molecule has 0 radical (unpaired) electrons. The van der Waals surface area contributed by atoms with Crippen LogP contribution in [0.1, 0.15) is 39.7 Å². The highest BCUT2D eigenvalue weighted by molar-refractivity contribution is 5.88. The second-order valence-electron chi connectivity index (χ2n) is 7.77. The predicted molar refractivity (Wildman–Crippen MR) is 111 cm³/mol. The standard InChI is InChI=1S/C23H30N2O3/c1-5-20(22(27)24-23(2,3)4)25(16-18-12-8-6-9-13-18)21(26)17-28-19-14-10-7-11-15-19/h6-15,20H,5,16-17H2,1-4H3,(H,24,27)/t20-/m1/s1. The maximum absolute atomic E-state index is 13.0. The molecule has 0 aliphatic rings. The summed E-state index contributed by atoms with van der Waals surface area (Å²) in [6, 6.07) is 18.3. The van der Waals surface area contributed by atoms with Gasteiger partial charge >= 0.3 is 0 Å². The van der Waals surface area contributed by atoms with Gasteiger partial charge < -0.3 is 15.0 Å². The highest BCUT2D eigenvalue weighted by Crippen LogP contribution is 2.15. The first-order valence-electron chi connectivity index (χ1n) is 9.63. The van der Waals surface area contributed by atoms with E-state index in [1.165, 1.54) is 0 Å². The van der Waals surface area contributed by atoms with Crippen LogP contribution in [0.2, 0.25) is 0 Å². The second kappa shape index (κ2) is 9.93. The Kier molecular flexibility index (Phi) is 7.61. The molecular formula is C23H30N2O3. The summed E-state index contributed by atoms with van der Waals surface area (Å²) in [5.74, 6) is 0.255. The Morgan fingerprint density at radius 1 is 1.00 bits per heavy atom. The lowest BCUT2D eigenvalue weighted by molar-refractivity contribution is -0.143. The van der Waals surface area contributed by atoms with Crippen molar-refractivity contribution in [3.8, 4) is 5.75 Å². The first-order valence-corrected chi connectivity index (χ1v) is 9.63. The Bertz CT molecular complexity index is 754. The van der Waals surface area contributed by atoms with Gasteiger partial charge in [0.2, 0.25) is 5.91 Å². The average Bonchev–Trinajstić information content (AvgIpc) is 2.66. The van der Waals surface area contributed by atoms with Gasteiger partial charge in [0.1, 0.15) is 11.8 Å². The highest BCUT2D eigenvalue weighted by atomic mass is 16.5. The van der Waals surface area contributed by atoms with Crippen LogP contribution < -0.4 is 10.1 Å². The summed E-state index contributed by atoms with van der Waals surface area (Å²) < 4.78 is 5.64. The number of hydrogen-bond donors (Lipinski definition) is 1. The molecule has 2 aromatic rings. The first-order chi connectivity index (χ1) is 13.3. The lowest BCUT2D eigenvalue weighted by Crippen LogP contribution is -2.54. The van der Waals surface area contributed by atoms with Crippen LogP contribution >= 0.6 is 0 Å². The van der Waals surface area contributed by atoms with Crippen LogP contribution in [0.5, 0.6) is 5.75 Å². The summed E-state index contributed by atoms with van der Waals surface area (Å²) in [7, 11) is 0. The number of nitrogens with one attached hydrogen (secondary N) is 1. The van der Waals surface area contributed by atoms with Crippen molar-refractivity contribution >= 4 is 11.8 Å². The van der Waals surface area contributed by atoms with Crippen molar-refractivity contribution in [2.75, 3.05) is 6.61 Å². The molecule has 5 heteroatoms. The van der Waals surface area contributed by atoms with E-state index in [0.717, 1.165) is 5.56 Å². The number of benzene rings is 2. The van der Waals surface area contributed by atoms with E-state index >= 15 is 0 Å². The van der Waals surface area contributed by atoms with Gasteiger partial charge in [0, 0.05) is 12.1 Å². The van der Waals surface area contributed by atoms with Crippen LogP contribution in [-0.4, -0.2) is 34.9 Å². The molecule has 28 heavy (non-hydrogen) atoms. The Morgan fingerprint density at radius 2 is 1.57 bits per heavy atom. The van der Waals surface area contributed by atoms with Crippen LogP contribution in [0, 0.1) is 0 Å². The summed E-state index contributed by atoms with van der Waals surface area (Å²) in [6.45, 7) is 7.94. The Morgan fingerprint density at radius 3 is 2.11 bits per heavy atom. The number of rotatable bonds is 8. The number of amides is 2. The SMILES string of the molecule is CC[C@H](C(=O)NC(C)(C)C)N(Cc1ccccc1)C(=O)COc1ccccc1. The minimum Gasteiger partial charge on any atom is -0.484 e. The normalized spacial score (nSPS) is 12.1. The van der Waals surface area contributed by atoms with Gasteiger partial charge in [-0.05, 0) is 44.9 Å². The van der Waals surface area contributed by atoms with E-state index in [1.54, 1.807) is 17.0 Å². The zero-order valence-corrected chi connectivity index (χ0v) is 17.1. The van der Waals surface area contributed by atoms with Gasteiger partial charge in [0.15, 0.2) is 6.61 Å². The first kappa shape index (κ1) is 21.5. The Hall–Kier alpha value is -2.82. The molecule has 0 unspecified atom stereocenters. The van der Waals surface area contributed by atoms with Gasteiger partial charge in [-0.2, -0.15) is 0 Å². The lowest BCUT2D eigenvalue weighted by atomic mass is 10.1. The van der Waals surface area contributed by atoms with E-state index in [9.17, 15) is 9.59 Å². The number of para-hydroxylation sites is 1. The minimum absolute atomic E-state index is 0.115. The Balaban J connectivity index is 2.19. The molecule has 0 bridgehead atoms. The van der Waals surface area contributed by atoms with Gasteiger partial charge in [-0.3, -0.25) is 9.59 Å². The number of carbonyl (C=O) groups is 2. The number of hydrogen-bond acceptors (Lipinski definition) is 3. The molecule has 2 amide bonds. The minimum atomic E-state index is -0.564. The van der Waals surface area contributed by atoms with Crippen molar-refractivity contribution in [2.24, 2.45) is 0 Å². The monoisotopic (exact) mass is 382 g/mol. The molecule has 0 spiro atoms. The van der Waals surface area contributed by atoms with E-state index in [0.29, 0.717) is 18.7 Å². The van der Waals surface area contributed by atoms with E-state index in [4.69, 9.17) is 4.74 Å². The zero-order chi connectivity index (χ0) is 20.6. The smallest absolute Gasteiger partial charge is 0.261 e. The predicted octanol–water partition coefficient (Wildman–Crippen LogP) is 3.79. The van der Waals surface area contributed by atoms with Gasteiger partial charge in [-0.25, -0.2) is 0 Å². The van der Waals surface area contributed by atoms with Gasteiger partial charge in [-0.1, -0.05) is 55.5 Å². The quantitative estimate of drug-likeness (QED) is 0.756. The van der Waals surface area contributed by atoms with Crippen molar-refractivity contribution in [2.45, 2.75) is 52.2 Å². The molecule has 0 saturated heterocycles. The van der Waals surface area contributed by atoms with Crippen molar-refractivity contribution in [3.63, 3.8) is 0 Å². The van der Waals surface area contributed by atoms with E-state index in [-0.39, 0.29) is 24.0 Å². The van der Waals surface area contributed by atoms with E-state index in [1.807, 2.05) is 76.2 Å². The molecule has 150 valence electrons. The largest absolute Gasteiger partial charge is 0.484 e. The summed E-state index contributed by atoms with van der Waals surface area (Å²) in [4.78, 5) is 27.5. The molecule has 2 aromatic carbocycles. The molecule has 0 aromatic heterocycles. The third-order valence-electron chi connectivity index (χ3n) is 4.19. The third kappa shape index (κ3) is 6.72. The van der Waals surface area contributed by atoms with Crippen molar-refractivity contribution in [1.29, 1.82) is 0 Å². The number of ether oxygens (including phenoxy) is 1. The summed E-state index contributed by atoms with van der Waals surface area (Å²) in [6.07, 6.45) is 0.520. The van der Waals surface area contributed by atoms with Gasteiger partial charge in [-0.15, -0.1) is 0 Å². The van der Waals surface area contributed by atoms with Crippen LogP contribution in [0.25, 0.3) is 0 Å². The van der Waals surface area contributed by atoms with Gasteiger partial charge in [0.05, 0.1) is 0 Å². The van der Waals surface area contributed by atoms with Crippen molar-refractivity contribution < 1.29 is 14.3 Å². The molecule has 0 saturated carbocycles. The Labute approximate surface area is 167 Å². The van der Waals surface area contributed by atoms with Crippen LogP contribution in [0.15, 0.2) is 60.7 Å². The zero-order valence-electron chi connectivity index (χ0n) is 17.1. The molecule has 0 fully saturated rings. The number of nitrogens with zero attached hydrogens (tertiary/aromatic N) is 1. The molecule has 0 aliphatic carbocycles.